The molecule has 5 aromatic heterocycles. The topological polar surface area (TPSA) is 108 Å². The zero-order valence-electron chi connectivity index (χ0n) is 20.9. The molecule has 182 valence electrons. The normalized spacial score (nSPS) is 11.8. The number of allylic oxidation sites excluding steroid dienone is 1. The average molecular weight is 487 g/mol. The monoisotopic (exact) mass is 486 g/mol. The number of pyridine rings is 3. The van der Waals surface area contributed by atoms with Crippen LogP contribution in [0.5, 0.6) is 0 Å². The Morgan fingerprint density at radius 1 is 0.865 bits per heavy atom. The molecule has 0 spiro atoms. The standard InChI is InChI=1S/C29H26N8/c1-17(29(2,3)4)33-21-12-20(15-31-16-21)18-7-8-23-22(13-18)26(37-36-23)28-34-24-9-11-32-25(27(24)35-28)19-6-5-10-30-14-19/h5-16,33H,1H2,2-4H3,(H,34,35)(H,36,37). The van der Waals surface area contributed by atoms with Gasteiger partial charge in [-0.2, -0.15) is 5.10 Å². The molecule has 0 amide bonds. The highest BCUT2D eigenvalue weighted by atomic mass is 15.1. The van der Waals surface area contributed by atoms with Crippen molar-refractivity contribution in [2.45, 2.75) is 20.8 Å². The van der Waals surface area contributed by atoms with Crippen molar-refractivity contribution < 1.29 is 0 Å². The van der Waals surface area contributed by atoms with Crippen molar-refractivity contribution >= 4 is 27.6 Å². The van der Waals surface area contributed by atoms with Crippen molar-refractivity contribution in [2.75, 3.05) is 5.32 Å². The Morgan fingerprint density at radius 3 is 2.54 bits per heavy atom. The van der Waals surface area contributed by atoms with Gasteiger partial charge >= 0.3 is 0 Å². The van der Waals surface area contributed by atoms with Gasteiger partial charge in [-0.25, -0.2) is 4.98 Å². The lowest BCUT2D eigenvalue weighted by atomic mass is 9.93. The summed E-state index contributed by atoms with van der Waals surface area (Å²) in [6.45, 7) is 10.6. The van der Waals surface area contributed by atoms with Crippen LogP contribution in [0, 0.1) is 5.41 Å². The fraction of sp³-hybridized carbons (Fsp3) is 0.138. The summed E-state index contributed by atoms with van der Waals surface area (Å²) in [7, 11) is 0. The predicted molar refractivity (Wildman–Crippen MR) is 148 cm³/mol. The lowest BCUT2D eigenvalue weighted by Gasteiger charge is -2.23. The van der Waals surface area contributed by atoms with Crippen molar-refractivity contribution in [1.82, 2.24) is 35.1 Å². The molecule has 37 heavy (non-hydrogen) atoms. The maximum Gasteiger partial charge on any atom is 0.159 e. The van der Waals surface area contributed by atoms with Crippen LogP contribution in [0.3, 0.4) is 0 Å². The summed E-state index contributed by atoms with van der Waals surface area (Å²) in [4.78, 5) is 21.6. The van der Waals surface area contributed by atoms with E-state index in [0.717, 1.165) is 61.4 Å². The van der Waals surface area contributed by atoms with Gasteiger partial charge < -0.3 is 10.3 Å². The zero-order chi connectivity index (χ0) is 25.6. The number of rotatable bonds is 5. The van der Waals surface area contributed by atoms with Gasteiger partial charge in [0, 0.05) is 52.4 Å². The Hall–Kier alpha value is -4.85. The van der Waals surface area contributed by atoms with Crippen molar-refractivity contribution in [3.8, 4) is 33.9 Å². The molecule has 0 unspecified atom stereocenters. The maximum absolute atomic E-state index is 4.89. The summed E-state index contributed by atoms with van der Waals surface area (Å²) < 4.78 is 0. The third kappa shape index (κ3) is 4.23. The van der Waals surface area contributed by atoms with E-state index in [1.165, 1.54) is 0 Å². The summed E-state index contributed by atoms with van der Waals surface area (Å²) in [5.41, 5.74) is 8.83. The fourth-order valence-corrected chi connectivity index (χ4v) is 4.16. The van der Waals surface area contributed by atoms with Crippen LogP contribution in [-0.4, -0.2) is 35.1 Å². The van der Waals surface area contributed by atoms with E-state index in [1.54, 1.807) is 18.6 Å². The van der Waals surface area contributed by atoms with Crippen LogP contribution in [0.25, 0.3) is 55.8 Å². The van der Waals surface area contributed by atoms with Gasteiger partial charge in [0.1, 0.15) is 11.2 Å². The van der Waals surface area contributed by atoms with Crippen molar-refractivity contribution in [3.05, 3.63) is 85.7 Å². The predicted octanol–water partition coefficient (Wildman–Crippen LogP) is 6.60. The molecule has 0 aliphatic carbocycles. The minimum atomic E-state index is -0.0560. The number of H-pyrrole nitrogens is 2. The number of nitrogens with zero attached hydrogens (tertiary/aromatic N) is 5. The Kier molecular flexibility index (Phi) is 5.30. The maximum atomic E-state index is 4.89. The third-order valence-electron chi connectivity index (χ3n) is 6.40. The molecule has 6 aromatic rings. The van der Waals surface area contributed by atoms with E-state index in [1.807, 2.05) is 36.7 Å². The number of hydrogen-bond donors (Lipinski definition) is 3. The second-order valence-corrected chi connectivity index (χ2v) is 10.0. The van der Waals surface area contributed by atoms with E-state index in [4.69, 9.17) is 4.98 Å². The van der Waals surface area contributed by atoms with Crippen LogP contribution in [0.15, 0.2) is 85.7 Å². The molecule has 0 atom stereocenters. The quantitative estimate of drug-likeness (QED) is 0.253. The van der Waals surface area contributed by atoms with E-state index in [0.29, 0.717) is 5.82 Å². The van der Waals surface area contributed by atoms with Gasteiger partial charge in [0.05, 0.1) is 28.6 Å². The minimum Gasteiger partial charge on any atom is -0.358 e. The van der Waals surface area contributed by atoms with Crippen LogP contribution in [0.4, 0.5) is 5.69 Å². The highest BCUT2D eigenvalue weighted by Crippen LogP contribution is 2.33. The van der Waals surface area contributed by atoms with Gasteiger partial charge in [-0.05, 0) is 42.0 Å². The van der Waals surface area contributed by atoms with Gasteiger partial charge in [0.15, 0.2) is 5.82 Å². The largest absolute Gasteiger partial charge is 0.358 e. The summed E-state index contributed by atoms with van der Waals surface area (Å²) in [6, 6.07) is 14.1. The van der Waals surface area contributed by atoms with E-state index in [2.05, 4.69) is 81.0 Å². The number of hydrogen-bond acceptors (Lipinski definition) is 6. The molecule has 0 saturated heterocycles. The summed E-state index contributed by atoms with van der Waals surface area (Å²) in [6.07, 6.45) is 8.98. The second kappa shape index (κ2) is 8.67. The highest BCUT2D eigenvalue weighted by Gasteiger charge is 2.17. The lowest BCUT2D eigenvalue weighted by molar-refractivity contribution is 0.509. The number of imidazole rings is 1. The van der Waals surface area contributed by atoms with Gasteiger partial charge in [-0.3, -0.25) is 20.1 Å². The molecule has 1 aromatic carbocycles. The number of benzene rings is 1. The first kappa shape index (κ1) is 22.6. The number of nitrogens with one attached hydrogen (secondary N) is 3. The molecule has 0 bridgehead atoms. The smallest absolute Gasteiger partial charge is 0.159 e. The Morgan fingerprint density at radius 2 is 1.73 bits per heavy atom. The average Bonchev–Trinajstić information content (AvgIpc) is 3.52. The molecule has 0 aliphatic rings. The first-order chi connectivity index (χ1) is 17.9. The molecule has 0 saturated carbocycles. The number of fused-ring (bicyclic) bond motifs is 2. The molecule has 0 aliphatic heterocycles. The van der Waals surface area contributed by atoms with Crippen molar-refractivity contribution in [1.29, 1.82) is 0 Å². The summed E-state index contributed by atoms with van der Waals surface area (Å²) >= 11 is 0. The Balaban J connectivity index is 1.40. The fourth-order valence-electron chi connectivity index (χ4n) is 4.16. The van der Waals surface area contributed by atoms with Crippen LogP contribution in [0.2, 0.25) is 0 Å². The molecular weight excluding hydrogens is 460 g/mol. The van der Waals surface area contributed by atoms with Crippen molar-refractivity contribution in [2.24, 2.45) is 5.41 Å². The summed E-state index contributed by atoms with van der Waals surface area (Å²) in [5, 5.41) is 12.1. The van der Waals surface area contributed by atoms with Crippen LogP contribution >= 0.6 is 0 Å². The molecule has 0 radical (unpaired) electrons. The Bertz CT molecular complexity index is 1760. The molecule has 8 heteroatoms. The van der Waals surface area contributed by atoms with E-state index in [9.17, 15) is 0 Å². The molecule has 5 heterocycles. The second-order valence-electron chi connectivity index (χ2n) is 10.0. The van der Waals surface area contributed by atoms with Crippen molar-refractivity contribution in [3.63, 3.8) is 0 Å². The highest BCUT2D eigenvalue weighted by molar-refractivity contribution is 5.97. The third-order valence-corrected chi connectivity index (χ3v) is 6.40. The van der Waals surface area contributed by atoms with E-state index >= 15 is 0 Å². The van der Waals surface area contributed by atoms with Gasteiger partial charge in [-0.1, -0.05) is 33.4 Å². The van der Waals surface area contributed by atoms with E-state index in [-0.39, 0.29) is 5.41 Å². The minimum absolute atomic E-state index is 0.0560. The molecule has 3 N–H and O–H groups in total. The number of anilines is 1. The van der Waals surface area contributed by atoms with E-state index < -0.39 is 0 Å². The molecule has 8 nitrogen and oxygen atoms in total. The number of aromatic nitrogens is 7. The van der Waals surface area contributed by atoms with Crippen LogP contribution < -0.4 is 5.32 Å². The van der Waals surface area contributed by atoms with Crippen LogP contribution in [-0.2, 0) is 0 Å². The number of aromatic amines is 2. The molecular formula is C29H26N8. The summed E-state index contributed by atoms with van der Waals surface area (Å²) in [5.74, 6) is 0.673. The first-order valence-electron chi connectivity index (χ1n) is 12.0. The van der Waals surface area contributed by atoms with Gasteiger partial charge in [0.2, 0.25) is 0 Å². The Labute approximate surface area is 214 Å². The van der Waals surface area contributed by atoms with Crippen LogP contribution in [0.1, 0.15) is 20.8 Å². The van der Waals surface area contributed by atoms with Gasteiger partial charge in [-0.15, -0.1) is 0 Å². The molecule has 0 fully saturated rings. The van der Waals surface area contributed by atoms with Gasteiger partial charge in [0.25, 0.3) is 0 Å². The first-order valence-corrected chi connectivity index (χ1v) is 12.0. The molecule has 6 rings (SSSR count). The zero-order valence-corrected chi connectivity index (χ0v) is 20.9. The lowest BCUT2D eigenvalue weighted by Crippen LogP contribution is -2.15. The SMILES string of the molecule is C=C(Nc1cncc(-c2ccc3[nH]nc(-c4nc5c(-c6cccnc6)nccc5[nH]4)c3c2)c1)C(C)(C)C.